The number of fused-ring (bicyclic) bond motifs is 1. The molecule has 1 aliphatic rings. The zero-order valence-corrected chi connectivity index (χ0v) is 20.7. The molecule has 0 unspecified atom stereocenters. The van der Waals surface area contributed by atoms with Gasteiger partial charge in [-0.2, -0.15) is 0 Å². The maximum absolute atomic E-state index is 13.3. The van der Waals surface area contributed by atoms with Crippen molar-refractivity contribution in [1.82, 2.24) is 14.8 Å². The highest BCUT2D eigenvalue weighted by Crippen LogP contribution is 2.39. The second-order valence-corrected chi connectivity index (χ2v) is 10.4. The van der Waals surface area contributed by atoms with E-state index < -0.39 is 16.1 Å². The molecule has 2 heterocycles. The first-order valence-corrected chi connectivity index (χ1v) is 12.9. The van der Waals surface area contributed by atoms with Crippen molar-refractivity contribution in [2.24, 2.45) is 0 Å². The number of hydrogen-bond acceptors (Lipinski definition) is 6. The van der Waals surface area contributed by atoms with Crippen molar-refractivity contribution in [3.8, 4) is 17.2 Å². The second-order valence-electron chi connectivity index (χ2n) is 8.71. The molecule has 3 aromatic carbocycles. The highest BCUT2D eigenvalue weighted by Gasteiger charge is 2.36. The summed E-state index contributed by atoms with van der Waals surface area (Å²) in [5.74, 6) is 0.645. The van der Waals surface area contributed by atoms with Crippen LogP contribution >= 0.6 is 0 Å². The standard InChI is InChI=1S/C27H27N3O4S/c1-18-11-13-22(14-12-18)35(31,32)29-30-16-15-20-8-4-5-10-23(20)25(30)26-28-24(27(33-3)34-26)21-9-6-7-19(2)17-21/h4-14,17,25,29H,15-16H2,1-3H3/t25-/m1/s1. The minimum Gasteiger partial charge on any atom is -0.467 e. The quantitative estimate of drug-likeness (QED) is 0.419. The van der Waals surface area contributed by atoms with E-state index in [4.69, 9.17) is 14.1 Å². The van der Waals surface area contributed by atoms with Crippen molar-refractivity contribution in [3.05, 3.63) is 101 Å². The zero-order valence-electron chi connectivity index (χ0n) is 19.9. The van der Waals surface area contributed by atoms with Gasteiger partial charge < -0.3 is 9.15 Å². The second kappa shape index (κ2) is 9.30. The molecule has 0 saturated carbocycles. The highest BCUT2D eigenvalue weighted by molar-refractivity contribution is 7.89. The Morgan fingerprint density at radius 3 is 2.51 bits per heavy atom. The van der Waals surface area contributed by atoms with Crippen LogP contribution in [0.15, 0.2) is 82.1 Å². The van der Waals surface area contributed by atoms with Crippen LogP contribution in [0.5, 0.6) is 5.95 Å². The number of rotatable bonds is 6. The Hall–Kier alpha value is -3.46. The van der Waals surface area contributed by atoms with Gasteiger partial charge in [-0.05, 0) is 49.6 Å². The molecule has 1 N–H and O–H groups in total. The minimum absolute atomic E-state index is 0.200. The molecule has 0 saturated heterocycles. The molecule has 1 aromatic heterocycles. The van der Waals surface area contributed by atoms with Crippen LogP contribution in [-0.2, 0) is 16.4 Å². The van der Waals surface area contributed by atoms with Crippen molar-refractivity contribution in [1.29, 1.82) is 0 Å². The Morgan fingerprint density at radius 2 is 1.77 bits per heavy atom. The lowest BCUT2D eigenvalue weighted by Gasteiger charge is -2.35. The van der Waals surface area contributed by atoms with E-state index in [2.05, 4.69) is 10.9 Å². The van der Waals surface area contributed by atoms with Gasteiger partial charge in [0.25, 0.3) is 10.0 Å². The van der Waals surface area contributed by atoms with E-state index in [1.165, 1.54) is 7.11 Å². The lowest BCUT2D eigenvalue weighted by atomic mass is 9.94. The van der Waals surface area contributed by atoms with E-state index in [1.54, 1.807) is 29.3 Å². The van der Waals surface area contributed by atoms with Crippen molar-refractivity contribution in [3.63, 3.8) is 0 Å². The van der Waals surface area contributed by atoms with E-state index in [1.807, 2.05) is 56.3 Å². The van der Waals surface area contributed by atoms with Crippen LogP contribution in [0.1, 0.15) is 34.2 Å². The summed E-state index contributed by atoms with van der Waals surface area (Å²) in [4.78, 5) is 7.79. The van der Waals surface area contributed by atoms with Gasteiger partial charge in [0.2, 0.25) is 5.89 Å². The van der Waals surface area contributed by atoms with Gasteiger partial charge in [-0.25, -0.2) is 18.4 Å². The molecule has 0 spiro atoms. The fraction of sp³-hybridized carbons (Fsp3) is 0.222. The number of hydrogen-bond donors (Lipinski definition) is 1. The SMILES string of the molecule is COc1oc([C@H]2c3ccccc3CCN2NS(=O)(=O)c2ccc(C)cc2)nc1-c1cccc(C)c1. The van der Waals surface area contributed by atoms with Crippen LogP contribution in [-0.4, -0.2) is 32.1 Å². The molecule has 1 atom stereocenters. The summed E-state index contributed by atoms with van der Waals surface area (Å²) >= 11 is 0. The molecule has 8 heteroatoms. The minimum atomic E-state index is -3.81. The van der Waals surface area contributed by atoms with Gasteiger partial charge in [0, 0.05) is 12.1 Å². The first-order chi connectivity index (χ1) is 16.9. The third-order valence-corrected chi connectivity index (χ3v) is 7.54. The number of methoxy groups -OCH3 is 1. The number of nitrogens with one attached hydrogen (secondary N) is 1. The van der Waals surface area contributed by atoms with Gasteiger partial charge in [0.1, 0.15) is 6.04 Å². The van der Waals surface area contributed by atoms with Crippen LogP contribution in [0.25, 0.3) is 11.3 Å². The average Bonchev–Trinajstić information content (AvgIpc) is 3.28. The molecule has 1 aliphatic heterocycles. The highest BCUT2D eigenvalue weighted by atomic mass is 32.2. The van der Waals surface area contributed by atoms with Crippen molar-refractivity contribution in [2.45, 2.75) is 31.2 Å². The molecule has 7 nitrogen and oxygen atoms in total. The van der Waals surface area contributed by atoms with E-state index in [-0.39, 0.29) is 10.8 Å². The summed E-state index contributed by atoms with van der Waals surface area (Å²) in [5, 5.41) is 1.68. The Morgan fingerprint density at radius 1 is 1.00 bits per heavy atom. The predicted molar refractivity (Wildman–Crippen MR) is 133 cm³/mol. The fourth-order valence-corrected chi connectivity index (χ4v) is 5.51. The van der Waals surface area contributed by atoms with Gasteiger partial charge in [0.15, 0.2) is 5.69 Å². The average molecular weight is 490 g/mol. The van der Waals surface area contributed by atoms with E-state index in [0.717, 1.165) is 27.8 Å². The molecular formula is C27H27N3O4S. The summed E-state index contributed by atoms with van der Waals surface area (Å²) in [6.07, 6.45) is 0.686. The maximum Gasteiger partial charge on any atom is 0.313 e. The molecule has 0 aliphatic carbocycles. The molecule has 180 valence electrons. The number of aromatic nitrogens is 1. The molecule has 0 bridgehead atoms. The molecule has 0 fully saturated rings. The van der Waals surface area contributed by atoms with Crippen molar-refractivity contribution < 1.29 is 17.6 Å². The zero-order chi connectivity index (χ0) is 24.6. The Kier molecular flexibility index (Phi) is 6.19. The number of benzene rings is 3. The van der Waals surface area contributed by atoms with Crippen LogP contribution in [0.2, 0.25) is 0 Å². The van der Waals surface area contributed by atoms with Crippen LogP contribution in [0.3, 0.4) is 0 Å². The molecule has 35 heavy (non-hydrogen) atoms. The number of oxazole rings is 1. The van der Waals surface area contributed by atoms with Gasteiger partial charge in [-0.1, -0.05) is 65.7 Å². The van der Waals surface area contributed by atoms with Crippen molar-refractivity contribution >= 4 is 10.0 Å². The fourth-order valence-electron chi connectivity index (χ4n) is 4.41. The van der Waals surface area contributed by atoms with Gasteiger partial charge in [0.05, 0.1) is 12.0 Å². The smallest absolute Gasteiger partial charge is 0.313 e. The molecular weight excluding hydrogens is 462 g/mol. The van der Waals surface area contributed by atoms with E-state index in [0.29, 0.717) is 24.6 Å². The first kappa shape index (κ1) is 23.3. The summed E-state index contributed by atoms with van der Waals surface area (Å²) in [6.45, 7) is 4.39. The molecule has 0 radical (unpaired) electrons. The third-order valence-electron chi connectivity index (χ3n) is 6.18. The topological polar surface area (TPSA) is 84.7 Å². The van der Waals surface area contributed by atoms with Crippen LogP contribution in [0.4, 0.5) is 0 Å². The number of hydrazine groups is 1. The molecule has 4 aromatic rings. The summed E-state index contributed by atoms with van der Waals surface area (Å²) in [5.41, 5.74) is 5.58. The summed E-state index contributed by atoms with van der Waals surface area (Å²) < 4.78 is 38.2. The Bertz CT molecular complexity index is 1460. The molecule has 0 amide bonds. The summed E-state index contributed by atoms with van der Waals surface area (Å²) in [6, 6.07) is 22.1. The van der Waals surface area contributed by atoms with Gasteiger partial charge in [-0.15, -0.1) is 4.83 Å². The van der Waals surface area contributed by atoms with Gasteiger partial charge in [-0.3, -0.25) is 0 Å². The normalized spacial score (nSPS) is 16.1. The Balaban J connectivity index is 1.58. The van der Waals surface area contributed by atoms with Crippen LogP contribution in [0, 0.1) is 13.8 Å². The lowest BCUT2D eigenvalue weighted by molar-refractivity contribution is 0.153. The van der Waals surface area contributed by atoms with Crippen LogP contribution < -0.4 is 9.57 Å². The number of ether oxygens (including phenoxy) is 1. The lowest BCUT2D eigenvalue weighted by Crippen LogP contribution is -2.48. The number of sulfonamides is 1. The molecule has 5 rings (SSSR count). The van der Waals surface area contributed by atoms with E-state index >= 15 is 0 Å². The first-order valence-electron chi connectivity index (χ1n) is 11.4. The Labute approximate surface area is 205 Å². The van der Waals surface area contributed by atoms with Gasteiger partial charge >= 0.3 is 5.95 Å². The number of nitrogens with zero attached hydrogens (tertiary/aromatic N) is 2. The maximum atomic E-state index is 13.3. The summed E-state index contributed by atoms with van der Waals surface area (Å²) in [7, 11) is -2.27. The monoisotopic (exact) mass is 489 g/mol. The van der Waals surface area contributed by atoms with Crippen molar-refractivity contribution in [2.75, 3.05) is 13.7 Å². The largest absolute Gasteiger partial charge is 0.467 e. The predicted octanol–water partition coefficient (Wildman–Crippen LogP) is 4.81. The van der Waals surface area contributed by atoms with E-state index in [9.17, 15) is 8.42 Å². The third kappa shape index (κ3) is 4.60. The number of aryl methyl sites for hydroxylation is 2.